The highest BCUT2D eigenvalue weighted by Gasteiger charge is 2.27. The predicted octanol–water partition coefficient (Wildman–Crippen LogP) is 5.98. The van der Waals surface area contributed by atoms with Crippen molar-refractivity contribution in [3.05, 3.63) is 48.0 Å². The van der Waals surface area contributed by atoms with Crippen molar-refractivity contribution in [3.8, 4) is 34.9 Å². The Morgan fingerprint density at radius 1 is 1.12 bits per heavy atom. The van der Waals surface area contributed by atoms with E-state index in [2.05, 4.69) is 33.1 Å². The maximum Gasteiger partial charge on any atom is 0.319 e. The number of rotatable bonds is 6. The summed E-state index contributed by atoms with van der Waals surface area (Å²) >= 11 is 0. The van der Waals surface area contributed by atoms with E-state index in [1.54, 1.807) is 0 Å². The maximum atomic E-state index is 12.2. The summed E-state index contributed by atoms with van der Waals surface area (Å²) in [5.41, 5.74) is 4.70. The SMILES string of the molecule is CCOc1ccc2c(C#CC#N)c(-c3ccc(NC(=O)NC4CCC4)cc3)n(C3CCC3)c2c1. The van der Waals surface area contributed by atoms with E-state index in [0.29, 0.717) is 18.7 Å². The molecule has 0 radical (unpaired) electrons. The standard InChI is InChI=1S/C28H28N4O2/c1-2-34-23-15-16-24-25(10-5-17-29)27(32(26(24)18-23)22-8-4-9-22)19-11-13-21(14-12-19)31-28(33)30-20-6-3-7-20/h11-16,18,20,22H,2-4,6-9H2,1H3,(H2,30,31,33). The zero-order valence-corrected chi connectivity index (χ0v) is 19.4. The molecule has 2 saturated carbocycles. The van der Waals surface area contributed by atoms with Gasteiger partial charge in [-0.05, 0) is 81.2 Å². The second-order valence-corrected chi connectivity index (χ2v) is 8.96. The molecule has 0 bridgehead atoms. The predicted molar refractivity (Wildman–Crippen MR) is 134 cm³/mol. The number of ether oxygens (including phenoxy) is 1. The third-order valence-electron chi connectivity index (χ3n) is 6.83. The summed E-state index contributed by atoms with van der Waals surface area (Å²) in [7, 11) is 0. The average molecular weight is 453 g/mol. The highest BCUT2D eigenvalue weighted by Crippen LogP contribution is 2.43. The number of hydrogen-bond donors (Lipinski definition) is 2. The van der Waals surface area contributed by atoms with Crippen LogP contribution in [0.15, 0.2) is 42.5 Å². The molecule has 0 atom stereocenters. The first-order valence-corrected chi connectivity index (χ1v) is 12.1. The van der Waals surface area contributed by atoms with E-state index in [1.165, 1.54) is 12.8 Å². The van der Waals surface area contributed by atoms with Crippen molar-refractivity contribution in [3.63, 3.8) is 0 Å². The fraction of sp³-hybridized carbons (Fsp3) is 0.357. The van der Waals surface area contributed by atoms with Crippen molar-refractivity contribution in [1.29, 1.82) is 5.26 Å². The van der Waals surface area contributed by atoms with E-state index in [1.807, 2.05) is 49.4 Å². The van der Waals surface area contributed by atoms with Crippen molar-refractivity contribution in [2.24, 2.45) is 0 Å². The summed E-state index contributed by atoms with van der Waals surface area (Å²) in [6.07, 6.45) is 6.71. The molecule has 5 rings (SSSR count). The lowest BCUT2D eigenvalue weighted by Crippen LogP contribution is -2.41. The van der Waals surface area contributed by atoms with Gasteiger partial charge in [0, 0.05) is 35.1 Å². The van der Waals surface area contributed by atoms with Gasteiger partial charge in [0.05, 0.1) is 23.4 Å². The molecule has 0 aliphatic heterocycles. The zero-order chi connectivity index (χ0) is 23.5. The van der Waals surface area contributed by atoms with E-state index < -0.39 is 0 Å². The molecule has 2 amide bonds. The van der Waals surface area contributed by atoms with Crippen LogP contribution in [0.1, 0.15) is 57.1 Å². The van der Waals surface area contributed by atoms with Gasteiger partial charge in [0.15, 0.2) is 6.07 Å². The fourth-order valence-corrected chi connectivity index (χ4v) is 4.69. The molecule has 2 aromatic carbocycles. The van der Waals surface area contributed by atoms with Gasteiger partial charge in [-0.2, -0.15) is 5.26 Å². The minimum atomic E-state index is -0.162. The van der Waals surface area contributed by atoms with E-state index in [9.17, 15) is 4.79 Å². The number of urea groups is 1. The van der Waals surface area contributed by atoms with Gasteiger partial charge in [-0.1, -0.05) is 12.1 Å². The highest BCUT2D eigenvalue weighted by atomic mass is 16.5. The number of nitrogens with one attached hydrogen (secondary N) is 2. The van der Waals surface area contributed by atoms with Gasteiger partial charge < -0.3 is 19.9 Å². The Bertz CT molecular complexity index is 1310. The van der Waals surface area contributed by atoms with Gasteiger partial charge in [-0.3, -0.25) is 0 Å². The molecule has 172 valence electrons. The molecule has 2 fully saturated rings. The molecule has 1 aromatic heterocycles. The smallest absolute Gasteiger partial charge is 0.319 e. The number of fused-ring (bicyclic) bond motifs is 1. The van der Waals surface area contributed by atoms with E-state index in [0.717, 1.165) is 64.8 Å². The number of anilines is 1. The van der Waals surface area contributed by atoms with Gasteiger partial charge >= 0.3 is 6.03 Å². The lowest BCUT2D eigenvalue weighted by atomic mass is 9.92. The molecule has 34 heavy (non-hydrogen) atoms. The third kappa shape index (κ3) is 4.20. The van der Waals surface area contributed by atoms with Crippen LogP contribution in [0.3, 0.4) is 0 Å². The van der Waals surface area contributed by atoms with Crippen LogP contribution in [0, 0.1) is 23.2 Å². The Kier molecular flexibility index (Phi) is 6.14. The van der Waals surface area contributed by atoms with Crippen LogP contribution in [0.25, 0.3) is 22.2 Å². The Hall–Kier alpha value is -3.90. The Balaban J connectivity index is 1.55. The van der Waals surface area contributed by atoms with Gasteiger partial charge in [0.25, 0.3) is 0 Å². The number of hydrogen-bond acceptors (Lipinski definition) is 3. The molecule has 1 heterocycles. The largest absolute Gasteiger partial charge is 0.494 e. The van der Waals surface area contributed by atoms with Crippen LogP contribution in [0.5, 0.6) is 5.75 Å². The lowest BCUT2D eigenvalue weighted by molar-refractivity contribution is 0.240. The average Bonchev–Trinajstić information content (AvgIpc) is 3.08. The summed E-state index contributed by atoms with van der Waals surface area (Å²) < 4.78 is 8.15. The third-order valence-corrected chi connectivity index (χ3v) is 6.83. The first-order chi connectivity index (χ1) is 16.7. The molecule has 0 unspecified atom stereocenters. The lowest BCUT2D eigenvalue weighted by Gasteiger charge is -2.30. The second-order valence-electron chi connectivity index (χ2n) is 8.96. The molecule has 0 spiro atoms. The van der Waals surface area contributed by atoms with Gasteiger partial charge in [0.1, 0.15) is 5.75 Å². The van der Waals surface area contributed by atoms with Crippen molar-refractivity contribution in [2.75, 3.05) is 11.9 Å². The summed E-state index contributed by atoms with van der Waals surface area (Å²) in [6.45, 7) is 2.58. The van der Waals surface area contributed by atoms with E-state index >= 15 is 0 Å². The van der Waals surface area contributed by atoms with Gasteiger partial charge in [-0.15, -0.1) is 0 Å². The Morgan fingerprint density at radius 2 is 1.88 bits per heavy atom. The summed E-state index contributed by atoms with van der Waals surface area (Å²) in [4.78, 5) is 12.2. The molecule has 2 aliphatic carbocycles. The Morgan fingerprint density at radius 3 is 2.50 bits per heavy atom. The number of nitriles is 1. The molecule has 6 heteroatoms. The summed E-state index contributed by atoms with van der Waals surface area (Å²) in [5.74, 6) is 6.55. The summed E-state index contributed by atoms with van der Waals surface area (Å²) in [6, 6.07) is 16.4. The van der Waals surface area contributed by atoms with Crippen LogP contribution in [-0.4, -0.2) is 23.2 Å². The topological polar surface area (TPSA) is 79.1 Å². The normalized spacial score (nSPS) is 15.4. The van der Waals surface area contributed by atoms with Gasteiger partial charge in [0.2, 0.25) is 0 Å². The van der Waals surface area contributed by atoms with Crippen LogP contribution < -0.4 is 15.4 Å². The maximum absolute atomic E-state index is 12.2. The minimum absolute atomic E-state index is 0.162. The quantitative estimate of drug-likeness (QED) is 0.452. The number of amides is 2. The van der Waals surface area contributed by atoms with E-state index in [4.69, 9.17) is 10.00 Å². The van der Waals surface area contributed by atoms with Gasteiger partial charge in [-0.25, -0.2) is 4.79 Å². The van der Waals surface area contributed by atoms with E-state index in [-0.39, 0.29) is 6.03 Å². The number of benzene rings is 2. The number of aromatic nitrogens is 1. The second kappa shape index (κ2) is 9.53. The molecule has 2 N–H and O–H groups in total. The molecule has 3 aromatic rings. The van der Waals surface area contributed by atoms with Crippen molar-refractivity contribution >= 4 is 22.6 Å². The van der Waals surface area contributed by atoms with Crippen LogP contribution >= 0.6 is 0 Å². The zero-order valence-electron chi connectivity index (χ0n) is 19.4. The van der Waals surface area contributed by atoms with Crippen LogP contribution in [0.4, 0.5) is 10.5 Å². The van der Waals surface area contributed by atoms with Crippen molar-refractivity contribution in [2.45, 2.75) is 57.5 Å². The number of nitrogens with zero attached hydrogens (tertiary/aromatic N) is 2. The molecular weight excluding hydrogens is 424 g/mol. The Labute approximate surface area is 199 Å². The highest BCUT2D eigenvalue weighted by molar-refractivity contribution is 5.96. The molecular formula is C28H28N4O2. The monoisotopic (exact) mass is 452 g/mol. The number of carbonyl (C=O) groups is 1. The van der Waals surface area contributed by atoms with Crippen LogP contribution in [-0.2, 0) is 0 Å². The van der Waals surface area contributed by atoms with Crippen molar-refractivity contribution in [1.82, 2.24) is 9.88 Å². The first kappa shape index (κ1) is 21.9. The molecule has 2 aliphatic rings. The molecule has 0 saturated heterocycles. The first-order valence-electron chi connectivity index (χ1n) is 12.1. The molecule has 6 nitrogen and oxygen atoms in total. The fourth-order valence-electron chi connectivity index (χ4n) is 4.69. The van der Waals surface area contributed by atoms with Crippen molar-refractivity contribution < 1.29 is 9.53 Å². The minimum Gasteiger partial charge on any atom is -0.494 e. The summed E-state index contributed by atoms with van der Waals surface area (Å²) in [5, 5.41) is 16.1. The van der Waals surface area contributed by atoms with Crippen LogP contribution in [0.2, 0.25) is 0 Å². The number of carbonyl (C=O) groups excluding carboxylic acids is 1.